The third-order valence-electron chi connectivity index (χ3n) is 5.81. The first-order valence-corrected chi connectivity index (χ1v) is 12.4. The summed E-state index contributed by atoms with van der Waals surface area (Å²) in [6, 6.07) is 8.85. The van der Waals surface area contributed by atoms with Crippen LogP contribution in [0.2, 0.25) is 0 Å². The number of thiophene rings is 1. The molecule has 0 aromatic carbocycles. The largest absolute Gasteiger partial charge is 0.382 e. The maximum absolute atomic E-state index is 4.66. The smallest absolute Gasteiger partial charge is 0.116 e. The summed E-state index contributed by atoms with van der Waals surface area (Å²) in [5, 5.41) is 14.3. The molecule has 0 spiro atoms. The molecule has 0 aliphatic heterocycles. The molecule has 7 heteroatoms. The molecule has 0 radical (unpaired) electrons. The molecule has 6 nitrogen and oxygen atoms in total. The molecule has 5 rings (SSSR count). The number of anilines is 1. The average molecular weight is 481 g/mol. The van der Waals surface area contributed by atoms with Crippen LogP contribution >= 0.6 is 11.3 Å². The Balaban J connectivity index is 1.60. The number of nitrogens with zero attached hydrogens (tertiary/aromatic N) is 3. The van der Waals surface area contributed by atoms with Gasteiger partial charge in [-0.05, 0) is 63.6 Å². The van der Waals surface area contributed by atoms with E-state index in [-0.39, 0.29) is 0 Å². The summed E-state index contributed by atoms with van der Waals surface area (Å²) < 4.78 is 0. The Morgan fingerprint density at radius 3 is 2.69 bits per heavy atom. The van der Waals surface area contributed by atoms with Gasteiger partial charge in [0.1, 0.15) is 5.69 Å². The first-order chi connectivity index (χ1) is 16.9. The van der Waals surface area contributed by atoms with Crippen molar-refractivity contribution in [2.24, 2.45) is 0 Å². The van der Waals surface area contributed by atoms with E-state index in [1.165, 1.54) is 9.75 Å². The molecule has 0 bridgehead atoms. The van der Waals surface area contributed by atoms with Crippen molar-refractivity contribution in [3.05, 3.63) is 76.6 Å². The third kappa shape index (κ3) is 4.55. The van der Waals surface area contributed by atoms with Crippen LogP contribution in [-0.4, -0.2) is 31.2 Å². The minimum Gasteiger partial charge on any atom is -0.382 e. The monoisotopic (exact) mass is 480 g/mol. The molecule has 0 unspecified atom stereocenters. The van der Waals surface area contributed by atoms with Gasteiger partial charge in [0.2, 0.25) is 0 Å². The summed E-state index contributed by atoms with van der Waals surface area (Å²) in [5.74, 6) is 0. The standard InChI is InChI=1S/C28H28N6S/c1-6-24-22(9-17(4)19-10-20(13-29-12-19)31-16(2)3)28(34-33-24)25-11-21-23(14-30-15-26(21)32-25)27-8-7-18(5)35-27/h6-16,31-33H,4H2,1-3,5H3/b22-9+,24-6+. The van der Waals surface area contributed by atoms with Crippen LogP contribution in [0.3, 0.4) is 0 Å². The quantitative estimate of drug-likeness (QED) is 0.300. The van der Waals surface area contributed by atoms with Crippen LogP contribution in [0.1, 0.15) is 31.2 Å². The number of nitrogens with one attached hydrogen (secondary N) is 3. The zero-order valence-corrected chi connectivity index (χ0v) is 21.1. The molecule has 3 N–H and O–H groups in total. The zero-order valence-electron chi connectivity index (χ0n) is 20.3. The Hall–Kier alpha value is -3.97. The normalized spacial score (nSPS) is 12.7. The van der Waals surface area contributed by atoms with Gasteiger partial charge < -0.3 is 10.3 Å². The lowest BCUT2D eigenvalue weighted by Crippen LogP contribution is -2.23. The molecule has 0 amide bonds. The lowest BCUT2D eigenvalue weighted by atomic mass is 10.1. The Kier molecular flexibility index (Phi) is 6.09. The molecule has 5 heterocycles. The van der Waals surface area contributed by atoms with E-state index in [9.17, 15) is 0 Å². The first-order valence-electron chi connectivity index (χ1n) is 11.6. The Bertz CT molecular complexity index is 1650. The van der Waals surface area contributed by atoms with E-state index in [0.717, 1.165) is 55.2 Å². The molecule has 5 aromatic rings. The number of hydrogen-bond acceptors (Lipinski definition) is 5. The predicted molar refractivity (Wildman–Crippen MR) is 148 cm³/mol. The van der Waals surface area contributed by atoms with Crippen LogP contribution in [0.5, 0.6) is 0 Å². The minimum absolute atomic E-state index is 0.325. The Labute approximate surface area is 208 Å². The lowest BCUT2D eigenvalue weighted by Gasteiger charge is -2.10. The van der Waals surface area contributed by atoms with Crippen LogP contribution < -0.4 is 15.9 Å². The summed E-state index contributed by atoms with van der Waals surface area (Å²) in [7, 11) is 0. The van der Waals surface area contributed by atoms with Crippen molar-refractivity contribution < 1.29 is 0 Å². The SMILES string of the molecule is C=C(/C=c1/c(-c2cc3c(-c4ccc(C)s4)cncc3[nH]2)n[nH]/c1=C/C)c1cncc(NC(C)C)c1. The number of fused-ring (bicyclic) bond motifs is 1. The van der Waals surface area contributed by atoms with Gasteiger partial charge in [0.25, 0.3) is 0 Å². The second-order valence-electron chi connectivity index (χ2n) is 8.86. The lowest BCUT2D eigenvalue weighted by molar-refractivity contribution is 0.897. The van der Waals surface area contributed by atoms with Crippen molar-refractivity contribution in [1.29, 1.82) is 0 Å². The van der Waals surface area contributed by atoms with Crippen molar-refractivity contribution in [3.8, 4) is 21.8 Å². The number of allylic oxidation sites excluding steroid dienone is 1. The molecule has 0 atom stereocenters. The molecule has 0 fully saturated rings. The van der Waals surface area contributed by atoms with E-state index >= 15 is 0 Å². The van der Waals surface area contributed by atoms with Gasteiger partial charge in [-0.25, -0.2) is 0 Å². The highest BCUT2D eigenvalue weighted by atomic mass is 32.1. The van der Waals surface area contributed by atoms with E-state index in [0.29, 0.717) is 6.04 Å². The number of rotatable bonds is 6. The van der Waals surface area contributed by atoms with Crippen molar-refractivity contribution in [3.63, 3.8) is 0 Å². The third-order valence-corrected chi connectivity index (χ3v) is 6.85. The molecule has 0 aliphatic rings. The van der Waals surface area contributed by atoms with Crippen LogP contribution in [0.15, 0.2) is 55.6 Å². The molecule has 0 saturated heterocycles. The van der Waals surface area contributed by atoms with E-state index < -0.39 is 0 Å². The van der Waals surface area contributed by atoms with Gasteiger partial charge in [0, 0.05) is 56.1 Å². The predicted octanol–water partition coefficient (Wildman–Crippen LogP) is 5.50. The highest BCUT2D eigenvalue weighted by Crippen LogP contribution is 2.34. The minimum atomic E-state index is 0.325. The summed E-state index contributed by atoms with van der Waals surface area (Å²) in [5.41, 5.74) is 6.67. The van der Waals surface area contributed by atoms with Gasteiger partial charge in [-0.2, -0.15) is 5.10 Å². The van der Waals surface area contributed by atoms with Crippen LogP contribution in [0.25, 0.3) is 50.5 Å². The maximum Gasteiger partial charge on any atom is 0.116 e. The summed E-state index contributed by atoms with van der Waals surface area (Å²) in [6.07, 6.45) is 11.6. The second-order valence-corrected chi connectivity index (χ2v) is 10.1. The maximum atomic E-state index is 4.66. The molecular formula is C28H28N6S. The number of hydrogen-bond donors (Lipinski definition) is 3. The molecule has 0 saturated carbocycles. The highest BCUT2D eigenvalue weighted by Gasteiger charge is 2.14. The number of aromatic amines is 2. The fourth-order valence-corrected chi connectivity index (χ4v) is 5.07. The van der Waals surface area contributed by atoms with Crippen molar-refractivity contribution in [1.82, 2.24) is 25.1 Å². The van der Waals surface area contributed by atoms with Gasteiger partial charge in [-0.3, -0.25) is 15.1 Å². The van der Waals surface area contributed by atoms with Gasteiger partial charge in [-0.15, -0.1) is 11.3 Å². The van der Waals surface area contributed by atoms with Crippen LogP contribution in [0, 0.1) is 6.92 Å². The number of aryl methyl sites for hydroxylation is 1. The average Bonchev–Trinajstić information content (AvgIpc) is 3.56. The topological polar surface area (TPSA) is 82.3 Å². The summed E-state index contributed by atoms with van der Waals surface area (Å²) in [4.78, 5) is 14.9. The highest BCUT2D eigenvalue weighted by molar-refractivity contribution is 7.15. The van der Waals surface area contributed by atoms with Crippen LogP contribution in [-0.2, 0) is 0 Å². The van der Waals surface area contributed by atoms with E-state index in [2.05, 4.69) is 88.2 Å². The summed E-state index contributed by atoms with van der Waals surface area (Å²) >= 11 is 1.77. The van der Waals surface area contributed by atoms with Gasteiger partial charge in [-0.1, -0.05) is 12.7 Å². The molecule has 5 aromatic heterocycles. The van der Waals surface area contributed by atoms with E-state index in [1.807, 2.05) is 37.8 Å². The van der Waals surface area contributed by atoms with Crippen molar-refractivity contribution in [2.45, 2.75) is 33.7 Å². The van der Waals surface area contributed by atoms with E-state index in [1.54, 1.807) is 11.3 Å². The van der Waals surface area contributed by atoms with Gasteiger partial charge in [0.15, 0.2) is 0 Å². The fraction of sp³-hybridized carbons (Fsp3) is 0.179. The van der Waals surface area contributed by atoms with E-state index in [4.69, 9.17) is 0 Å². The first kappa shape index (κ1) is 22.8. The molecular weight excluding hydrogens is 452 g/mol. The van der Waals surface area contributed by atoms with Gasteiger partial charge in [0.05, 0.1) is 28.4 Å². The summed E-state index contributed by atoms with van der Waals surface area (Å²) in [6.45, 7) is 12.7. The van der Waals surface area contributed by atoms with Gasteiger partial charge >= 0.3 is 0 Å². The second kappa shape index (κ2) is 9.35. The molecule has 0 aliphatic carbocycles. The fourth-order valence-electron chi connectivity index (χ4n) is 4.18. The zero-order chi connectivity index (χ0) is 24.5. The Morgan fingerprint density at radius 1 is 1.11 bits per heavy atom. The van der Waals surface area contributed by atoms with Crippen LogP contribution in [0.4, 0.5) is 5.69 Å². The number of pyridine rings is 2. The van der Waals surface area contributed by atoms with Crippen molar-refractivity contribution in [2.75, 3.05) is 5.32 Å². The molecule has 35 heavy (non-hydrogen) atoms. The Morgan fingerprint density at radius 2 is 1.94 bits per heavy atom. The number of aromatic nitrogens is 5. The number of H-pyrrole nitrogens is 2. The molecule has 176 valence electrons. The van der Waals surface area contributed by atoms with Crippen molar-refractivity contribution >= 4 is 45.7 Å².